The molecule has 0 radical (unpaired) electrons. The largest absolute Gasteiger partial charge is 0.272 e. The van der Waals surface area contributed by atoms with Crippen LogP contribution in [0.1, 0.15) is 19.3 Å². The Balaban J connectivity index is 1.98. The summed E-state index contributed by atoms with van der Waals surface area (Å²) < 4.78 is 0. The Kier molecular flexibility index (Phi) is 2.17. The van der Waals surface area contributed by atoms with Gasteiger partial charge in [-0.1, -0.05) is 24.3 Å². The third-order valence-corrected chi connectivity index (χ3v) is 3.22. The maximum absolute atomic E-state index is 11.8. The molecular formula is C13H14N2O. The van der Waals surface area contributed by atoms with Gasteiger partial charge in [0.05, 0.1) is 11.6 Å². The molecule has 1 saturated heterocycles. The molecule has 1 aromatic carbocycles. The second-order valence-corrected chi connectivity index (χ2v) is 4.26. The van der Waals surface area contributed by atoms with Crippen LogP contribution in [0, 0.1) is 5.92 Å². The van der Waals surface area contributed by atoms with Crippen molar-refractivity contribution in [2.45, 2.75) is 19.3 Å². The number of anilines is 1. The number of rotatable bonds is 1. The molecule has 1 aliphatic heterocycles. The molecule has 0 spiro atoms. The Morgan fingerprint density at radius 2 is 2.06 bits per heavy atom. The minimum atomic E-state index is 0.0638. The monoisotopic (exact) mass is 214 g/mol. The highest BCUT2D eigenvalue weighted by atomic mass is 16.2. The molecule has 0 bridgehead atoms. The first-order valence-electron chi connectivity index (χ1n) is 5.72. The molecule has 1 aliphatic carbocycles. The van der Waals surface area contributed by atoms with E-state index in [9.17, 15) is 4.79 Å². The minimum Gasteiger partial charge on any atom is -0.272 e. The fourth-order valence-electron chi connectivity index (χ4n) is 2.42. The van der Waals surface area contributed by atoms with E-state index in [2.05, 4.69) is 11.5 Å². The molecule has 2 aliphatic rings. The molecule has 1 unspecified atom stereocenters. The summed E-state index contributed by atoms with van der Waals surface area (Å²) in [5, 5.41) is 1.92. The predicted molar refractivity (Wildman–Crippen MR) is 62.5 cm³/mol. The normalized spacial score (nSPS) is 23.8. The standard InChI is InChI=1S/C13H14N2O/c16-13-11-8-4-5-9-12(11)15(14-13)10-6-2-1-3-7-10/h1-3,6-7,9,11H,4-5,8H2,(H,14,16). The van der Waals surface area contributed by atoms with Crippen LogP contribution in [-0.4, -0.2) is 5.91 Å². The summed E-state index contributed by atoms with van der Waals surface area (Å²) in [6, 6.07) is 9.97. The van der Waals surface area contributed by atoms with Crippen LogP contribution in [0.3, 0.4) is 0 Å². The lowest BCUT2D eigenvalue weighted by molar-refractivity contribution is -0.122. The van der Waals surface area contributed by atoms with Crippen LogP contribution < -0.4 is 10.4 Å². The molecule has 3 nitrogen and oxygen atoms in total. The number of benzene rings is 1. The van der Waals surface area contributed by atoms with E-state index in [-0.39, 0.29) is 11.8 Å². The lowest BCUT2D eigenvalue weighted by Crippen LogP contribution is -2.32. The van der Waals surface area contributed by atoms with Crippen LogP contribution in [0.25, 0.3) is 0 Å². The number of hydrogen-bond donors (Lipinski definition) is 1. The molecule has 16 heavy (non-hydrogen) atoms. The van der Waals surface area contributed by atoms with Crippen molar-refractivity contribution in [3.05, 3.63) is 42.1 Å². The van der Waals surface area contributed by atoms with Crippen molar-refractivity contribution >= 4 is 11.6 Å². The molecule has 3 heteroatoms. The maximum atomic E-state index is 11.8. The van der Waals surface area contributed by atoms with Gasteiger partial charge in [0.15, 0.2) is 0 Å². The number of hydrogen-bond acceptors (Lipinski definition) is 2. The van der Waals surface area contributed by atoms with Gasteiger partial charge in [0.25, 0.3) is 0 Å². The Morgan fingerprint density at radius 1 is 1.25 bits per heavy atom. The van der Waals surface area contributed by atoms with E-state index >= 15 is 0 Å². The second kappa shape index (κ2) is 3.67. The van der Waals surface area contributed by atoms with Gasteiger partial charge in [-0.05, 0) is 31.4 Å². The molecule has 82 valence electrons. The number of para-hydroxylation sites is 1. The topological polar surface area (TPSA) is 32.3 Å². The van der Waals surface area contributed by atoms with E-state index in [1.54, 1.807) is 0 Å². The summed E-state index contributed by atoms with van der Waals surface area (Å²) in [6.07, 6.45) is 5.34. The Labute approximate surface area is 94.7 Å². The van der Waals surface area contributed by atoms with Gasteiger partial charge < -0.3 is 0 Å². The molecule has 0 saturated carbocycles. The van der Waals surface area contributed by atoms with Crippen molar-refractivity contribution < 1.29 is 4.79 Å². The van der Waals surface area contributed by atoms with Crippen molar-refractivity contribution in [3.8, 4) is 0 Å². The smallest absolute Gasteiger partial charge is 0.247 e. The van der Waals surface area contributed by atoms with Crippen LogP contribution >= 0.6 is 0 Å². The summed E-state index contributed by atoms with van der Waals surface area (Å²) in [4.78, 5) is 11.8. The lowest BCUT2D eigenvalue weighted by Gasteiger charge is -2.22. The zero-order valence-corrected chi connectivity index (χ0v) is 9.02. The summed E-state index contributed by atoms with van der Waals surface area (Å²) in [7, 11) is 0. The first-order chi connectivity index (χ1) is 7.86. The van der Waals surface area contributed by atoms with Crippen molar-refractivity contribution in [1.29, 1.82) is 0 Å². The third-order valence-electron chi connectivity index (χ3n) is 3.22. The molecule has 3 rings (SSSR count). The first-order valence-corrected chi connectivity index (χ1v) is 5.72. The third kappa shape index (κ3) is 1.40. The highest BCUT2D eigenvalue weighted by Crippen LogP contribution is 2.34. The van der Waals surface area contributed by atoms with Crippen molar-refractivity contribution in [1.82, 2.24) is 5.43 Å². The molecule has 1 amide bonds. The van der Waals surface area contributed by atoms with E-state index in [1.807, 2.05) is 35.3 Å². The van der Waals surface area contributed by atoms with Crippen LogP contribution in [-0.2, 0) is 4.79 Å². The van der Waals surface area contributed by atoms with Crippen LogP contribution in [0.4, 0.5) is 5.69 Å². The summed E-state index contributed by atoms with van der Waals surface area (Å²) in [6.45, 7) is 0. The summed E-state index contributed by atoms with van der Waals surface area (Å²) in [5.41, 5.74) is 5.10. The quantitative estimate of drug-likeness (QED) is 0.777. The highest BCUT2D eigenvalue weighted by Gasteiger charge is 2.36. The fourth-order valence-corrected chi connectivity index (χ4v) is 2.42. The number of nitrogens with zero attached hydrogens (tertiary/aromatic N) is 1. The lowest BCUT2D eigenvalue weighted by atomic mass is 9.93. The van der Waals surface area contributed by atoms with Gasteiger partial charge in [0.1, 0.15) is 0 Å². The maximum Gasteiger partial charge on any atom is 0.247 e. The molecule has 1 aromatic rings. The van der Waals surface area contributed by atoms with E-state index in [0.29, 0.717) is 0 Å². The van der Waals surface area contributed by atoms with Crippen LogP contribution in [0.15, 0.2) is 42.1 Å². The molecule has 1 N–H and O–H groups in total. The zero-order chi connectivity index (χ0) is 11.0. The fraction of sp³-hybridized carbons (Fsp3) is 0.308. The van der Waals surface area contributed by atoms with Crippen molar-refractivity contribution in [2.24, 2.45) is 5.92 Å². The van der Waals surface area contributed by atoms with Crippen molar-refractivity contribution in [2.75, 3.05) is 5.01 Å². The zero-order valence-electron chi connectivity index (χ0n) is 9.02. The summed E-state index contributed by atoms with van der Waals surface area (Å²) >= 11 is 0. The summed E-state index contributed by atoms with van der Waals surface area (Å²) in [5.74, 6) is 0.198. The number of carbonyl (C=O) groups excluding carboxylic acids is 1. The van der Waals surface area contributed by atoms with Crippen LogP contribution in [0.2, 0.25) is 0 Å². The average Bonchev–Trinajstić information content (AvgIpc) is 2.69. The number of carbonyl (C=O) groups is 1. The van der Waals surface area contributed by atoms with Gasteiger partial charge in [-0.3, -0.25) is 15.2 Å². The van der Waals surface area contributed by atoms with Gasteiger partial charge in [0.2, 0.25) is 5.91 Å². The molecular weight excluding hydrogens is 200 g/mol. The van der Waals surface area contributed by atoms with Crippen molar-refractivity contribution in [3.63, 3.8) is 0 Å². The SMILES string of the molecule is O=C1NN(c2ccccc2)C2=CCCCC12. The number of hydrazine groups is 1. The van der Waals surface area contributed by atoms with Crippen LogP contribution in [0.5, 0.6) is 0 Å². The van der Waals surface area contributed by atoms with E-state index in [1.165, 1.54) is 0 Å². The van der Waals surface area contributed by atoms with Gasteiger partial charge >= 0.3 is 0 Å². The van der Waals surface area contributed by atoms with Gasteiger partial charge in [-0.15, -0.1) is 0 Å². The Bertz CT molecular complexity index is 439. The number of nitrogens with one attached hydrogen (secondary N) is 1. The predicted octanol–water partition coefficient (Wildman–Crippen LogP) is 2.22. The van der Waals surface area contributed by atoms with E-state index in [0.717, 1.165) is 30.6 Å². The first kappa shape index (κ1) is 9.46. The minimum absolute atomic E-state index is 0.0638. The van der Waals surface area contributed by atoms with E-state index < -0.39 is 0 Å². The number of amides is 1. The molecule has 1 fully saturated rings. The average molecular weight is 214 g/mol. The Hall–Kier alpha value is -1.77. The molecule has 1 atom stereocenters. The number of allylic oxidation sites excluding steroid dienone is 1. The second-order valence-electron chi connectivity index (χ2n) is 4.26. The number of fused-ring (bicyclic) bond motifs is 1. The Morgan fingerprint density at radius 3 is 2.88 bits per heavy atom. The van der Waals surface area contributed by atoms with Gasteiger partial charge in [-0.25, -0.2) is 0 Å². The van der Waals surface area contributed by atoms with Gasteiger partial charge in [0, 0.05) is 5.70 Å². The molecule has 1 heterocycles. The van der Waals surface area contributed by atoms with Gasteiger partial charge in [-0.2, -0.15) is 0 Å². The molecule has 0 aromatic heterocycles. The highest BCUT2D eigenvalue weighted by molar-refractivity contribution is 5.89. The van der Waals surface area contributed by atoms with E-state index in [4.69, 9.17) is 0 Å².